The monoisotopic (exact) mass is 493 g/mol. The van der Waals surface area contributed by atoms with Crippen LogP contribution in [0.3, 0.4) is 0 Å². The number of aryl methyl sites for hydroxylation is 2. The first-order chi connectivity index (χ1) is 17.1. The first-order valence-electron chi connectivity index (χ1n) is 12.2. The summed E-state index contributed by atoms with van der Waals surface area (Å²) in [6.45, 7) is 5.39. The van der Waals surface area contributed by atoms with Gasteiger partial charge in [0.25, 0.3) is 0 Å². The van der Waals surface area contributed by atoms with Crippen LogP contribution in [0.4, 0.5) is 4.79 Å². The Morgan fingerprint density at radius 1 is 1.11 bits per heavy atom. The van der Waals surface area contributed by atoms with Crippen molar-refractivity contribution < 1.29 is 23.8 Å². The van der Waals surface area contributed by atoms with Gasteiger partial charge in [-0.2, -0.15) is 0 Å². The maximum absolute atomic E-state index is 13.6. The second-order valence-corrected chi connectivity index (χ2v) is 10.2. The normalized spacial score (nSPS) is 15.8. The van der Waals surface area contributed by atoms with Crippen LogP contribution in [-0.4, -0.2) is 42.4 Å². The number of nitrogens with one attached hydrogen (secondary N) is 2. The summed E-state index contributed by atoms with van der Waals surface area (Å²) in [7, 11) is 5.18. The summed E-state index contributed by atoms with van der Waals surface area (Å²) in [6, 6.07) is 10.9. The van der Waals surface area contributed by atoms with Crippen LogP contribution in [0.25, 0.3) is 10.9 Å². The molecule has 0 radical (unpaired) electrons. The van der Waals surface area contributed by atoms with Crippen molar-refractivity contribution in [3.8, 4) is 11.5 Å². The molecule has 0 saturated heterocycles. The number of ether oxygens (including phenoxy) is 3. The van der Waals surface area contributed by atoms with Crippen LogP contribution < -0.4 is 20.1 Å². The van der Waals surface area contributed by atoms with Crippen molar-refractivity contribution in [3.63, 3.8) is 0 Å². The Labute approximate surface area is 211 Å². The van der Waals surface area contributed by atoms with E-state index in [0.717, 1.165) is 40.4 Å². The highest BCUT2D eigenvalue weighted by Gasteiger charge is 2.31. The highest BCUT2D eigenvalue weighted by atomic mass is 16.6. The molecule has 2 atom stereocenters. The molecule has 4 rings (SSSR count). The minimum absolute atomic E-state index is 0.192. The molecule has 8 nitrogen and oxygen atoms in total. The molecule has 0 bridgehead atoms. The Kier molecular flexibility index (Phi) is 7.15. The number of amides is 2. The number of rotatable bonds is 7. The molecule has 1 aliphatic carbocycles. The highest BCUT2D eigenvalue weighted by Crippen LogP contribution is 2.39. The third kappa shape index (κ3) is 5.42. The Hall–Kier alpha value is -3.68. The number of para-hydroxylation sites is 1. The number of alkyl carbamates (subject to hydrolysis) is 1. The Morgan fingerprint density at radius 3 is 2.50 bits per heavy atom. The molecular formula is C28H35N3O5. The summed E-state index contributed by atoms with van der Waals surface area (Å²) < 4.78 is 18.4. The number of benzene rings is 2. The predicted octanol–water partition coefficient (Wildman–Crippen LogP) is 4.44. The molecule has 0 fully saturated rings. The zero-order valence-corrected chi connectivity index (χ0v) is 21.8. The van der Waals surface area contributed by atoms with Crippen molar-refractivity contribution in [2.75, 3.05) is 14.2 Å². The van der Waals surface area contributed by atoms with Gasteiger partial charge in [0, 0.05) is 30.6 Å². The van der Waals surface area contributed by atoms with Crippen LogP contribution in [0.15, 0.2) is 42.6 Å². The zero-order chi connectivity index (χ0) is 26.0. The van der Waals surface area contributed by atoms with Gasteiger partial charge in [0.15, 0.2) is 11.5 Å². The van der Waals surface area contributed by atoms with Gasteiger partial charge in [-0.05, 0) is 68.5 Å². The van der Waals surface area contributed by atoms with Crippen molar-refractivity contribution >= 4 is 22.9 Å². The van der Waals surface area contributed by atoms with Crippen molar-refractivity contribution in [2.24, 2.45) is 7.05 Å². The lowest BCUT2D eigenvalue weighted by molar-refractivity contribution is -0.124. The molecule has 1 aromatic heterocycles. The Balaban J connectivity index is 1.59. The molecule has 0 saturated carbocycles. The fraction of sp³-hybridized carbons (Fsp3) is 0.429. The van der Waals surface area contributed by atoms with Gasteiger partial charge in [0.05, 0.1) is 20.3 Å². The molecular weight excluding hydrogens is 458 g/mol. The lowest BCUT2D eigenvalue weighted by Crippen LogP contribution is -2.49. The average molecular weight is 494 g/mol. The van der Waals surface area contributed by atoms with Crippen LogP contribution in [0.5, 0.6) is 11.5 Å². The molecule has 3 aromatic rings. The second kappa shape index (κ2) is 10.1. The fourth-order valence-corrected chi connectivity index (χ4v) is 4.82. The molecule has 2 amide bonds. The van der Waals surface area contributed by atoms with Crippen LogP contribution in [0, 0.1) is 0 Å². The number of hydrogen-bond donors (Lipinski definition) is 2. The van der Waals surface area contributed by atoms with Crippen molar-refractivity contribution in [1.82, 2.24) is 15.2 Å². The summed E-state index contributed by atoms with van der Waals surface area (Å²) in [6.07, 6.45) is 3.28. The Morgan fingerprint density at radius 2 is 1.81 bits per heavy atom. The van der Waals surface area contributed by atoms with Gasteiger partial charge in [0.1, 0.15) is 11.6 Å². The molecule has 0 unspecified atom stereocenters. The van der Waals surface area contributed by atoms with Gasteiger partial charge in [-0.15, -0.1) is 0 Å². The number of carbonyl (C=O) groups is 2. The van der Waals surface area contributed by atoms with Crippen LogP contribution in [0.1, 0.15) is 49.9 Å². The minimum Gasteiger partial charge on any atom is -0.493 e. The highest BCUT2D eigenvalue weighted by molar-refractivity contribution is 5.89. The molecule has 1 heterocycles. The maximum Gasteiger partial charge on any atom is 0.408 e. The van der Waals surface area contributed by atoms with E-state index in [1.165, 1.54) is 0 Å². The second-order valence-electron chi connectivity index (χ2n) is 10.2. The third-order valence-electron chi connectivity index (χ3n) is 6.45. The smallest absolute Gasteiger partial charge is 0.408 e. The summed E-state index contributed by atoms with van der Waals surface area (Å²) in [5, 5.41) is 7.01. The zero-order valence-electron chi connectivity index (χ0n) is 21.8. The number of aromatic nitrogens is 1. The van der Waals surface area contributed by atoms with Gasteiger partial charge >= 0.3 is 6.09 Å². The lowest BCUT2D eigenvalue weighted by atomic mass is 10.0. The SMILES string of the molecule is COc1cc2c(cc1OC)[C@@H](NC(=O)[C@H](Cc1cn(C)c3ccccc13)NC(=O)OC(C)(C)C)CC2. The van der Waals surface area contributed by atoms with Gasteiger partial charge in [-0.3, -0.25) is 4.79 Å². The summed E-state index contributed by atoms with van der Waals surface area (Å²) in [5.74, 6) is 1.03. The van der Waals surface area contributed by atoms with Crippen LogP contribution in [0.2, 0.25) is 0 Å². The molecule has 2 aromatic carbocycles. The van der Waals surface area contributed by atoms with E-state index < -0.39 is 17.7 Å². The van der Waals surface area contributed by atoms with Gasteiger partial charge in [-0.25, -0.2) is 4.79 Å². The molecule has 192 valence electrons. The molecule has 36 heavy (non-hydrogen) atoms. The Bertz CT molecular complexity index is 1270. The van der Waals surface area contributed by atoms with Crippen molar-refractivity contribution in [1.29, 1.82) is 0 Å². The number of fused-ring (bicyclic) bond motifs is 2. The van der Waals surface area contributed by atoms with Gasteiger partial charge < -0.3 is 29.4 Å². The number of nitrogens with zero attached hydrogens (tertiary/aromatic N) is 1. The first-order valence-corrected chi connectivity index (χ1v) is 12.2. The number of carbonyl (C=O) groups excluding carboxylic acids is 2. The number of methoxy groups -OCH3 is 2. The average Bonchev–Trinajstić information content (AvgIpc) is 3.36. The lowest BCUT2D eigenvalue weighted by Gasteiger charge is -2.25. The summed E-state index contributed by atoms with van der Waals surface area (Å²) >= 11 is 0. The first kappa shape index (κ1) is 25.4. The van der Waals surface area contributed by atoms with E-state index in [0.29, 0.717) is 17.9 Å². The minimum atomic E-state index is -0.810. The van der Waals surface area contributed by atoms with E-state index in [1.807, 2.05) is 54.2 Å². The van der Waals surface area contributed by atoms with Gasteiger partial charge in [0.2, 0.25) is 5.91 Å². The quantitative estimate of drug-likeness (QED) is 0.508. The largest absolute Gasteiger partial charge is 0.493 e. The van der Waals surface area contributed by atoms with E-state index in [2.05, 4.69) is 10.6 Å². The predicted molar refractivity (Wildman–Crippen MR) is 139 cm³/mol. The van der Waals surface area contributed by atoms with Crippen molar-refractivity contribution in [3.05, 3.63) is 59.3 Å². The molecule has 2 N–H and O–H groups in total. The molecule has 8 heteroatoms. The third-order valence-corrected chi connectivity index (χ3v) is 6.45. The molecule has 0 spiro atoms. The maximum atomic E-state index is 13.6. The topological polar surface area (TPSA) is 90.8 Å². The molecule has 1 aliphatic rings. The van der Waals surface area contributed by atoms with E-state index in [1.54, 1.807) is 35.0 Å². The summed E-state index contributed by atoms with van der Waals surface area (Å²) in [5.41, 5.74) is 3.48. The van der Waals surface area contributed by atoms with Crippen LogP contribution >= 0.6 is 0 Å². The van der Waals surface area contributed by atoms with Gasteiger partial charge in [-0.1, -0.05) is 18.2 Å². The van der Waals surface area contributed by atoms with E-state index in [4.69, 9.17) is 14.2 Å². The van der Waals surface area contributed by atoms with Crippen molar-refractivity contribution in [2.45, 2.75) is 57.7 Å². The fourth-order valence-electron chi connectivity index (χ4n) is 4.82. The van der Waals surface area contributed by atoms with E-state index in [9.17, 15) is 9.59 Å². The van der Waals surface area contributed by atoms with E-state index in [-0.39, 0.29) is 11.9 Å². The number of hydrogen-bond acceptors (Lipinski definition) is 5. The summed E-state index contributed by atoms with van der Waals surface area (Å²) in [4.78, 5) is 26.3. The van der Waals surface area contributed by atoms with E-state index >= 15 is 0 Å². The van der Waals surface area contributed by atoms with Crippen LogP contribution in [-0.2, 0) is 29.4 Å². The molecule has 0 aliphatic heterocycles. The standard InChI is InChI=1S/C28H35N3O5/c1-28(2,3)36-27(33)30-22(13-18-16-31(4)23-10-8-7-9-19(18)23)26(32)29-21-12-11-17-14-24(34-5)25(35-6)15-20(17)21/h7-10,14-16,21-22H,11-13H2,1-6H3,(H,29,32)(H,30,33)/t21-,22-/m0/s1.